The quantitative estimate of drug-likeness (QED) is 0.361. The van der Waals surface area contributed by atoms with Crippen LogP contribution in [0, 0.1) is 3.57 Å². The van der Waals surface area contributed by atoms with E-state index in [1.807, 2.05) is 6.20 Å². The third-order valence-electron chi connectivity index (χ3n) is 3.06. The molecule has 0 aliphatic carbocycles. The van der Waals surface area contributed by atoms with E-state index in [-0.39, 0.29) is 30.6 Å². The van der Waals surface area contributed by atoms with Crippen molar-refractivity contribution in [3.05, 3.63) is 52.0 Å². The van der Waals surface area contributed by atoms with Crippen molar-refractivity contribution in [2.75, 3.05) is 13.1 Å². The summed E-state index contributed by atoms with van der Waals surface area (Å²) in [7, 11) is 0. The van der Waals surface area contributed by atoms with Gasteiger partial charge in [0.2, 0.25) is 0 Å². The van der Waals surface area contributed by atoms with Crippen LogP contribution in [0.25, 0.3) is 0 Å². The molecule has 0 saturated heterocycles. The Kier molecular flexibility index (Phi) is 5.83. The molecule has 26 heavy (non-hydrogen) atoms. The number of amides is 2. The highest BCUT2D eigenvalue weighted by Gasteiger charge is 2.15. The summed E-state index contributed by atoms with van der Waals surface area (Å²) in [5.74, 6) is -0.707. The van der Waals surface area contributed by atoms with E-state index in [2.05, 4.69) is 58.4 Å². The Morgan fingerprint density at radius 2 is 1.96 bits per heavy atom. The van der Waals surface area contributed by atoms with Gasteiger partial charge in [-0.25, -0.2) is 4.98 Å². The highest BCUT2D eigenvalue weighted by atomic mass is 127. The van der Waals surface area contributed by atoms with Crippen LogP contribution in [0.3, 0.4) is 0 Å². The van der Waals surface area contributed by atoms with Crippen LogP contribution in [0.1, 0.15) is 27.0 Å². The van der Waals surface area contributed by atoms with Crippen molar-refractivity contribution < 1.29 is 14.1 Å². The summed E-state index contributed by atoms with van der Waals surface area (Å²) >= 11 is 2.14. The van der Waals surface area contributed by atoms with Crippen molar-refractivity contribution in [2.45, 2.75) is 6.54 Å². The number of nitrogens with one attached hydrogen (secondary N) is 2. The number of halogens is 1. The largest absolute Gasteiger partial charge is 0.349 e. The van der Waals surface area contributed by atoms with Gasteiger partial charge in [0.25, 0.3) is 5.91 Å². The number of carbonyl (C=O) groups excluding carboxylic acids is 2. The third-order valence-corrected chi connectivity index (χ3v) is 3.62. The number of aromatic nitrogens is 6. The van der Waals surface area contributed by atoms with Crippen molar-refractivity contribution in [1.82, 2.24) is 40.5 Å². The monoisotopic (exact) mass is 468 g/mol. The molecule has 3 heterocycles. The molecule has 0 spiro atoms. The van der Waals surface area contributed by atoms with Crippen LogP contribution in [0.5, 0.6) is 0 Å². The summed E-state index contributed by atoms with van der Waals surface area (Å²) in [6, 6.07) is 0. The predicted molar refractivity (Wildman–Crippen MR) is 95.0 cm³/mol. The molecule has 0 aromatic carbocycles. The Balaban J connectivity index is 1.43. The molecule has 0 bridgehead atoms. The SMILES string of the molecule is O=C(NCCNC(=O)c1nc(Cn2cc(I)cn2)no1)c1cnccn1. The zero-order valence-electron chi connectivity index (χ0n) is 13.3. The second kappa shape index (κ2) is 8.46. The van der Waals surface area contributed by atoms with Crippen molar-refractivity contribution in [2.24, 2.45) is 0 Å². The molecule has 0 atom stereocenters. The normalized spacial score (nSPS) is 10.5. The van der Waals surface area contributed by atoms with Crippen LogP contribution in [0.4, 0.5) is 0 Å². The molecular formula is C14H13IN8O3. The molecule has 3 rings (SSSR count). The Hall–Kier alpha value is -2.90. The molecule has 2 N–H and O–H groups in total. The van der Waals surface area contributed by atoms with Crippen molar-refractivity contribution in [3.8, 4) is 0 Å². The summed E-state index contributed by atoms with van der Waals surface area (Å²) in [5.41, 5.74) is 0.202. The van der Waals surface area contributed by atoms with E-state index in [0.29, 0.717) is 12.4 Å². The fraction of sp³-hybridized carbons (Fsp3) is 0.214. The number of hydrogen-bond donors (Lipinski definition) is 2. The molecule has 11 nitrogen and oxygen atoms in total. The molecule has 0 aliphatic heterocycles. The highest BCUT2D eigenvalue weighted by Crippen LogP contribution is 2.04. The zero-order chi connectivity index (χ0) is 18.4. The maximum absolute atomic E-state index is 12.0. The fourth-order valence-corrected chi connectivity index (χ4v) is 2.36. The lowest BCUT2D eigenvalue weighted by Crippen LogP contribution is -2.35. The van der Waals surface area contributed by atoms with Gasteiger partial charge in [0.1, 0.15) is 12.2 Å². The van der Waals surface area contributed by atoms with Crippen LogP contribution in [-0.2, 0) is 6.54 Å². The first-order valence-corrected chi connectivity index (χ1v) is 8.52. The molecule has 0 unspecified atom stereocenters. The second-order valence-corrected chi connectivity index (χ2v) is 6.22. The van der Waals surface area contributed by atoms with Crippen LogP contribution in [0.2, 0.25) is 0 Å². The first kappa shape index (κ1) is 17.9. The van der Waals surface area contributed by atoms with Crippen LogP contribution in [-0.4, -0.2) is 54.8 Å². The smallest absolute Gasteiger partial charge is 0.316 e. The van der Waals surface area contributed by atoms with Gasteiger partial charge < -0.3 is 15.2 Å². The number of carbonyl (C=O) groups is 2. The van der Waals surface area contributed by atoms with E-state index in [1.54, 1.807) is 10.9 Å². The van der Waals surface area contributed by atoms with Crippen LogP contribution < -0.4 is 10.6 Å². The highest BCUT2D eigenvalue weighted by molar-refractivity contribution is 14.1. The summed E-state index contributed by atoms with van der Waals surface area (Å²) in [6.07, 6.45) is 7.77. The van der Waals surface area contributed by atoms with Crippen molar-refractivity contribution >= 4 is 34.4 Å². The molecule has 0 saturated carbocycles. The van der Waals surface area contributed by atoms with E-state index in [9.17, 15) is 9.59 Å². The minimum Gasteiger partial charge on any atom is -0.349 e. The molecule has 3 aromatic rings. The van der Waals surface area contributed by atoms with Crippen LogP contribution in [0.15, 0.2) is 35.5 Å². The molecular weight excluding hydrogens is 455 g/mol. The van der Waals surface area contributed by atoms with E-state index in [1.165, 1.54) is 18.6 Å². The van der Waals surface area contributed by atoms with Gasteiger partial charge in [0.15, 0.2) is 5.82 Å². The molecule has 2 amide bonds. The molecule has 0 aliphatic rings. The number of hydrogen-bond acceptors (Lipinski definition) is 8. The van der Waals surface area contributed by atoms with E-state index < -0.39 is 5.91 Å². The molecule has 134 valence electrons. The van der Waals surface area contributed by atoms with Crippen molar-refractivity contribution in [1.29, 1.82) is 0 Å². The minimum absolute atomic E-state index is 0.151. The second-order valence-electron chi connectivity index (χ2n) is 4.97. The maximum Gasteiger partial charge on any atom is 0.316 e. The number of rotatable bonds is 7. The summed E-state index contributed by atoms with van der Waals surface area (Å²) in [6.45, 7) is 0.710. The first-order valence-electron chi connectivity index (χ1n) is 7.45. The van der Waals surface area contributed by atoms with Gasteiger partial charge in [-0.3, -0.25) is 19.3 Å². The minimum atomic E-state index is -0.521. The van der Waals surface area contributed by atoms with E-state index >= 15 is 0 Å². The lowest BCUT2D eigenvalue weighted by atomic mass is 10.4. The average Bonchev–Trinajstić information content (AvgIpc) is 3.28. The molecule has 3 aromatic heterocycles. The Morgan fingerprint density at radius 1 is 1.15 bits per heavy atom. The third kappa shape index (κ3) is 4.81. The molecule has 12 heteroatoms. The summed E-state index contributed by atoms with van der Waals surface area (Å²) in [4.78, 5) is 35.4. The Labute approximate surface area is 160 Å². The van der Waals surface area contributed by atoms with Gasteiger partial charge in [0, 0.05) is 31.7 Å². The van der Waals surface area contributed by atoms with E-state index in [4.69, 9.17) is 4.52 Å². The van der Waals surface area contributed by atoms with Gasteiger partial charge in [-0.1, -0.05) is 5.16 Å². The van der Waals surface area contributed by atoms with Gasteiger partial charge in [0.05, 0.1) is 16.0 Å². The molecule has 0 radical (unpaired) electrons. The zero-order valence-corrected chi connectivity index (χ0v) is 15.5. The van der Waals surface area contributed by atoms with Gasteiger partial charge in [-0.2, -0.15) is 10.1 Å². The predicted octanol–water partition coefficient (Wildman–Crippen LogP) is -0.131. The summed E-state index contributed by atoms with van der Waals surface area (Å²) < 4.78 is 7.55. The number of nitrogens with zero attached hydrogens (tertiary/aromatic N) is 6. The van der Waals surface area contributed by atoms with Gasteiger partial charge in [-0.05, 0) is 22.6 Å². The maximum atomic E-state index is 12.0. The average molecular weight is 468 g/mol. The van der Waals surface area contributed by atoms with Crippen molar-refractivity contribution in [3.63, 3.8) is 0 Å². The Morgan fingerprint density at radius 3 is 2.65 bits per heavy atom. The lowest BCUT2D eigenvalue weighted by molar-refractivity contribution is 0.0897. The fourth-order valence-electron chi connectivity index (χ4n) is 1.91. The topological polar surface area (TPSA) is 141 Å². The lowest BCUT2D eigenvalue weighted by Gasteiger charge is -2.04. The molecule has 0 fully saturated rings. The Bertz CT molecular complexity index is 895. The van der Waals surface area contributed by atoms with Gasteiger partial charge in [-0.15, -0.1) is 0 Å². The van der Waals surface area contributed by atoms with E-state index in [0.717, 1.165) is 3.57 Å². The van der Waals surface area contributed by atoms with Crippen LogP contribution >= 0.6 is 22.6 Å². The van der Waals surface area contributed by atoms with Gasteiger partial charge >= 0.3 is 11.8 Å². The first-order chi connectivity index (χ1) is 12.6. The summed E-state index contributed by atoms with van der Waals surface area (Å²) in [5, 5.41) is 13.0. The standard InChI is InChI=1S/C14H13IN8O3/c15-9-5-20-23(7-9)8-11-21-14(26-22-11)13(25)19-4-3-18-12(24)10-6-16-1-2-17-10/h1-2,5-7H,3-4,8H2,(H,18,24)(H,19,25).